The van der Waals surface area contributed by atoms with Crippen LogP contribution in [0.4, 0.5) is 13.2 Å². The summed E-state index contributed by atoms with van der Waals surface area (Å²) in [6.07, 6.45) is -5.03. The average Bonchev–Trinajstić information content (AvgIpc) is 2.35. The highest BCUT2D eigenvalue weighted by atomic mass is 19.4. The minimum Gasteiger partial charge on any atom is -0.481 e. The molecule has 1 rings (SSSR count). The van der Waals surface area contributed by atoms with Gasteiger partial charge in [0, 0.05) is 6.04 Å². The molecule has 0 fully saturated rings. The molecular weight excluding hydrogens is 327 g/mol. The Labute approximate surface area is 137 Å². The van der Waals surface area contributed by atoms with E-state index in [1.54, 1.807) is 20.8 Å². The van der Waals surface area contributed by atoms with E-state index in [1.807, 2.05) is 0 Å². The number of rotatable bonds is 5. The van der Waals surface area contributed by atoms with Crippen LogP contribution in [-0.2, 0) is 20.5 Å². The van der Waals surface area contributed by atoms with Crippen molar-refractivity contribution in [1.82, 2.24) is 0 Å². The number of aliphatic carboxylic acids is 1. The molecular formula is C16H20F3NO4. The number of alkyl halides is 3. The summed E-state index contributed by atoms with van der Waals surface area (Å²) in [6.45, 7) is 4.87. The topological polar surface area (TPSA) is 89.6 Å². The molecule has 0 aliphatic rings. The molecule has 1 aromatic rings. The van der Waals surface area contributed by atoms with E-state index >= 15 is 0 Å². The number of nitrogens with two attached hydrogens (primary N) is 1. The molecule has 1 aromatic carbocycles. The maximum atomic E-state index is 12.6. The summed E-state index contributed by atoms with van der Waals surface area (Å²) < 4.78 is 43.1. The fraction of sp³-hybridized carbons (Fsp3) is 0.500. The number of hydrogen-bond donors (Lipinski definition) is 2. The first-order valence-electron chi connectivity index (χ1n) is 7.18. The Balaban J connectivity index is 3.17. The highest BCUT2D eigenvalue weighted by Crippen LogP contribution is 2.31. The maximum Gasteiger partial charge on any atom is 0.416 e. The molecule has 24 heavy (non-hydrogen) atoms. The van der Waals surface area contributed by atoms with Crippen LogP contribution in [0.5, 0.6) is 0 Å². The summed E-state index contributed by atoms with van der Waals surface area (Å²) in [4.78, 5) is 23.2. The second-order valence-electron chi connectivity index (χ2n) is 6.39. The highest BCUT2D eigenvalue weighted by molar-refractivity contribution is 5.81. The molecule has 2 atom stereocenters. The molecule has 0 radical (unpaired) electrons. The van der Waals surface area contributed by atoms with Crippen LogP contribution in [0.1, 0.15) is 44.2 Å². The van der Waals surface area contributed by atoms with Crippen molar-refractivity contribution in [2.24, 2.45) is 5.73 Å². The molecule has 0 bridgehead atoms. The van der Waals surface area contributed by atoms with Gasteiger partial charge in [-0.05, 0) is 38.5 Å². The molecule has 0 amide bonds. The predicted molar refractivity (Wildman–Crippen MR) is 80.3 cm³/mol. The van der Waals surface area contributed by atoms with E-state index in [2.05, 4.69) is 0 Å². The third-order valence-electron chi connectivity index (χ3n) is 3.10. The molecule has 0 saturated heterocycles. The molecule has 5 nitrogen and oxygen atoms in total. The van der Waals surface area contributed by atoms with Crippen molar-refractivity contribution in [3.05, 3.63) is 35.4 Å². The average molecular weight is 347 g/mol. The number of carbonyl (C=O) groups excluding carboxylic acids is 1. The van der Waals surface area contributed by atoms with Gasteiger partial charge < -0.3 is 15.6 Å². The van der Waals surface area contributed by atoms with Gasteiger partial charge in [0.15, 0.2) is 0 Å². The lowest BCUT2D eigenvalue weighted by Gasteiger charge is -2.27. The van der Waals surface area contributed by atoms with Crippen LogP contribution in [0, 0.1) is 0 Å². The third-order valence-corrected chi connectivity index (χ3v) is 3.10. The lowest BCUT2D eigenvalue weighted by molar-refractivity contribution is -0.157. The van der Waals surface area contributed by atoms with Gasteiger partial charge in [-0.3, -0.25) is 9.59 Å². The number of hydrogen-bond acceptors (Lipinski definition) is 4. The Kier molecular flexibility index (Phi) is 5.99. The van der Waals surface area contributed by atoms with Crippen LogP contribution in [0.25, 0.3) is 0 Å². The Hall–Kier alpha value is -2.09. The number of carbonyl (C=O) groups is 2. The van der Waals surface area contributed by atoms with Crippen LogP contribution in [0.2, 0.25) is 0 Å². The summed E-state index contributed by atoms with van der Waals surface area (Å²) in [5.41, 5.74) is 4.25. The zero-order chi connectivity index (χ0) is 18.7. The Morgan fingerprint density at radius 2 is 1.67 bits per heavy atom. The molecule has 0 saturated carbocycles. The molecule has 0 heterocycles. The Morgan fingerprint density at radius 1 is 1.17 bits per heavy atom. The minimum absolute atomic E-state index is 0.172. The van der Waals surface area contributed by atoms with Gasteiger partial charge in [0.25, 0.3) is 0 Å². The van der Waals surface area contributed by atoms with Crippen molar-refractivity contribution in [3.8, 4) is 0 Å². The van der Waals surface area contributed by atoms with Gasteiger partial charge in [-0.1, -0.05) is 12.1 Å². The lowest BCUT2D eigenvalue weighted by atomic mass is 9.89. The monoisotopic (exact) mass is 347 g/mol. The third kappa shape index (κ3) is 5.84. The van der Waals surface area contributed by atoms with E-state index < -0.39 is 47.7 Å². The number of carboxylic acid groups (broad SMARTS) is 1. The standard InChI is InChI=1S/C16H20F3NO4/c1-15(2,3)24-14(23)13(11(20)8-12(21)22)9-4-6-10(7-5-9)16(17,18)19/h4-7,11,13H,8,20H2,1-3H3,(H,21,22)/t11-,13-/m1/s1. The van der Waals surface area contributed by atoms with E-state index in [0.29, 0.717) is 0 Å². The second-order valence-corrected chi connectivity index (χ2v) is 6.39. The van der Waals surface area contributed by atoms with Crippen molar-refractivity contribution < 1.29 is 32.6 Å². The van der Waals surface area contributed by atoms with Gasteiger partial charge in [0.1, 0.15) is 5.60 Å². The number of halogens is 3. The molecule has 0 unspecified atom stereocenters. The number of ether oxygens (including phenoxy) is 1. The molecule has 0 aromatic heterocycles. The fourth-order valence-corrected chi connectivity index (χ4v) is 2.12. The number of carboxylic acids is 1. The zero-order valence-electron chi connectivity index (χ0n) is 13.6. The second kappa shape index (κ2) is 7.21. The molecule has 0 aliphatic heterocycles. The van der Waals surface area contributed by atoms with Crippen LogP contribution in [0.3, 0.4) is 0 Å². The predicted octanol–water partition coefficient (Wildman–Crippen LogP) is 2.93. The molecule has 3 N–H and O–H groups in total. The minimum atomic E-state index is -4.51. The van der Waals surface area contributed by atoms with Gasteiger partial charge in [0.2, 0.25) is 0 Å². The van der Waals surface area contributed by atoms with Crippen molar-refractivity contribution >= 4 is 11.9 Å². The quantitative estimate of drug-likeness (QED) is 0.800. The van der Waals surface area contributed by atoms with Gasteiger partial charge in [-0.25, -0.2) is 0 Å². The van der Waals surface area contributed by atoms with Crippen LogP contribution in [-0.4, -0.2) is 28.7 Å². The number of benzene rings is 1. The smallest absolute Gasteiger partial charge is 0.416 e. The largest absolute Gasteiger partial charge is 0.481 e. The molecule has 0 spiro atoms. The summed E-state index contributed by atoms with van der Waals surface area (Å²) >= 11 is 0. The lowest BCUT2D eigenvalue weighted by Crippen LogP contribution is -2.39. The van der Waals surface area contributed by atoms with Gasteiger partial charge in [0.05, 0.1) is 17.9 Å². The van der Waals surface area contributed by atoms with E-state index in [1.165, 1.54) is 0 Å². The fourth-order valence-electron chi connectivity index (χ4n) is 2.12. The first kappa shape index (κ1) is 20.0. The SMILES string of the molecule is CC(C)(C)OC(=O)[C@H](c1ccc(C(F)(F)F)cc1)[C@H](N)CC(=O)O. The van der Waals surface area contributed by atoms with Crippen LogP contribution < -0.4 is 5.73 Å². The summed E-state index contributed by atoms with van der Waals surface area (Å²) in [5.74, 6) is -3.18. The van der Waals surface area contributed by atoms with Gasteiger partial charge in [-0.15, -0.1) is 0 Å². The summed E-state index contributed by atoms with van der Waals surface area (Å²) in [6, 6.07) is 2.73. The molecule has 8 heteroatoms. The van der Waals surface area contributed by atoms with Crippen molar-refractivity contribution in [3.63, 3.8) is 0 Å². The van der Waals surface area contributed by atoms with E-state index in [9.17, 15) is 22.8 Å². The van der Waals surface area contributed by atoms with Crippen LogP contribution in [0.15, 0.2) is 24.3 Å². The normalized spacial score (nSPS) is 14.8. The van der Waals surface area contributed by atoms with Crippen molar-refractivity contribution in [2.75, 3.05) is 0 Å². The Morgan fingerprint density at radius 3 is 2.04 bits per heavy atom. The van der Waals surface area contributed by atoms with E-state index in [-0.39, 0.29) is 5.56 Å². The van der Waals surface area contributed by atoms with Crippen molar-refractivity contribution in [2.45, 2.75) is 50.9 Å². The first-order chi connectivity index (χ1) is 10.8. The van der Waals surface area contributed by atoms with Crippen molar-refractivity contribution in [1.29, 1.82) is 0 Å². The van der Waals surface area contributed by atoms with E-state index in [4.69, 9.17) is 15.6 Å². The van der Waals surface area contributed by atoms with Gasteiger partial charge in [-0.2, -0.15) is 13.2 Å². The summed E-state index contributed by atoms with van der Waals surface area (Å²) in [5, 5.41) is 8.86. The van der Waals surface area contributed by atoms with Crippen LogP contribution >= 0.6 is 0 Å². The zero-order valence-corrected chi connectivity index (χ0v) is 13.6. The first-order valence-corrected chi connectivity index (χ1v) is 7.18. The number of esters is 1. The maximum absolute atomic E-state index is 12.6. The van der Waals surface area contributed by atoms with Gasteiger partial charge >= 0.3 is 18.1 Å². The van der Waals surface area contributed by atoms with E-state index in [0.717, 1.165) is 24.3 Å². The molecule has 134 valence electrons. The Bertz CT molecular complexity index is 591. The molecule has 0 aliphatic carbocycles. The highest BCUT2D eigenvalue weighted by Gasteiger charge is 2.34. The summed E-state index contributed by atoms with van der Waals surface area (Å²) in [7, 11) is 0.